The number of halogens is 1. The van der Waals surface area contributed by atoms with Crippen LogP contribution < -0.4 is 10.1 Å². The van der Waals surface area contributed by atoms with Gasteiger partial charge in [-0.15, -0.1) is 0 Å². The van der Waals surface area contributed by atoms with Crippen LogP contribution in [0.25, 0.3) is 0 Å². The predicted molar refractivity (Wildman–Crippen MR) is 98.4 cm³/mol. The molecular weight excluding hydrogens is 354 g/mol. The Labute approximate surface area is 145 Å². The molecule has 2 aromatic rings. The second-order valence-electron chi connectivity index (χ2n) is 5.47. The van der Waals surface area contributed by atoms with Crippen LogP contribution in [0.2, 0.25) is 0 Å². The standard InChI is InChI=1S/C19H20BrNO2/c1-5-8-23-17-7-6-15(11-16(17)20)19(22)21-18-13(3)9-12(2)10-14(18)4/h5-7,9-11H,1,8H2,2-4H3,(H,21,22). The Morgan fingerprint density at radius 3 is 2.43 bits per heavy atom. The van der Waals surface area contributed by atoms with Gasteiger partial charge in [-0.05, 0) is 66.0 Å². The summed E-state index contributed by atoms with van der Waals surface area (Å²) in [6, 6.07) is 9.40. The first-order chi connectivity index (χ1) is 10.9. The maximum atomic E-state index is 12.5. The average Bonchev–Trinajstić information content (AvgIpc) is 2.49. The molecule has 23 heavy (non-hydrogen) atoms. The van der Waals surface area contributed by atoms with Crippen LogP contribution in [-0.2, 0) is 0 Å². The third kappa shape index (κ3) is 4.23. The Balaban J connectivity index is 2.21. The Bertz CT molecular complexity index is 730. The summed E-state index contributed by atoms with van der Waals surface area (Å²) < 4.78 is 6.23. The van der Waals surface area contributed by atoms with Gasteiger partial charge >= 0.3 is 0 Å². The van der Waals surface area contributed by atoms with E-state index in [0.717, 1.165) is 21.3 Å². The fourth-order valence-electron chi connectivity index (χ4n) is 2.47. The van der Waals surface area contributed by atoms with Crippen LogP contribution in [0.5, 0.6) is 5.75 Å². The first-order valence-corrected chi connectivity index (χ1v) is 8.14. The predicted octanol–water partition coefficient (Wildman–Crippen LogP) is 5.19. The molecule has 0 unspecified atom stereocenters. The van der Waals surface area contributed by atoms with E-state index in [1.807, 2.05) is 20.8 Å². The highest BCUT2D eigenvalue weighted by Crippen LogP contribution is 2.27. The lowest BCUT2D eigenvalue weighted by Gasteiger charge is -2.13. The quantitative estimate of drug-likeness (QED) is 0.732. The highest BCUT2D eigenvalue weighted by Gasteiger charge is 2.12. The first kappa shape index (κ1) is 17.3. The van der Waals surface area contributed by atoms with E-state index in [-0.39, 0.29) is 5.91 Å². The summed E-state index contributed by atoms with van der Waals surface area (Å²) in [6.07, 6.45) is 1.68. The summed E-state index contributed by atoms with van der Waals surface area (Å²) in [5, 5.41) is 3.00. The van der Waals surface area contributed by atoms with Crippen molar-refractivity contribution in [2.24, 2.45) is 0 Å². The lowest BCUT2D eigenvalue weighted by atomic mass is 10.0. The van der Waals surface area contributed by atoms with Crippen molar-refractivity contribution in [3.05, 3.63) is 69.7 Å². The number of hydrogen-bond acceptors (Lipinski definition) is 2. The molecule has 4 heteroatoms. The van der Waals surface area contributed by atoms with Crippen molar-refractivity contribution in [3.8, 4) is 5.75 Å². The number of hydrogen-bond donors (Lipinski definition) is 1. The van der Waals surface area contributed by atoms with E-state index in [0.29, 0.717) is 17.9 Å². The molecule has 0 aliphatic carbocycles. The van der Waals surface area contributed by atoms with Gasteiger partial charge in [-0.25, -0.2) is 0 Å². The molecule has 0 aliphatic rings. The lowest BCUT2D eigenvalue weighted by molar-refractivity contribution is 0.102. The van der Waals surface area contributed by atoms with Gasteiger partial charge in [0.05, 0.1) is 4.47 Å². The molecular formula is C19H20BrNO2. The molecule has 2 aromatic carbocycles. The van der Waals surface area contributed by atoms with Gasteiger partial charge < -0.3 is 10.1 Å². The molecule has 0 heterocycles. The van der Waals surface area contributed by atoms with E-state index in [1.165, 1.54) is 5.56 Å². The minimum absolute atomic E-state index is 0.143. The van der Waals surface area contributed by atoms with Crippen molar-refractivity contribution in [2.75, 3.05) is 11.9 Å². The summed E-state index contributed by atoms with van der Waals surface area (Å²) in [4.78, 5) is 12.5. The molecule has 120 valence electrons. The highest BCUT2D eigenvalue weighted by atomic mass is 79.9. The van der Waals surface area contributed by atoms with Crippen molar-refractivity contribution in [2.45, 2.75) is 20.8 Å². The second kappa shape index (κ2) is 7.47. The minimum Gasteiger partial charge on any atom is -0.488 e. The normalized spacial score (nSPS) is 10.3. The number of carbonyl (C=O) groups is 1. The molecule has 1 N–H and O–H groups in total. The molecule has 0 spiro atoms. The van der Waals surface area contributed by atoms with E-state index < -0.39 is 0 Å². The van der Waals surface area contributed by atoms with Crippen molar-refractivity contribution in [3.63, 3.8) is 0 Å². The fourth-order valence-corrected chi connectivity index (χ4v) is 2.96. The summed E-state index contributed by atoms with van der Waals surface area (Å²) in [5.41, 5.74) is 4.73. The number of ether oxygens (including phenoxy) is 1. The smallest absolute Gasteiger partial charge is 0.255 e. The molecule has 0 aromatic heterocycles. The number of amides is 1. The number of nitrogens with one attached hydrogen (secondary N) is 1. The number of rotatable bonds is 5. The van der Waals surface area contributed by atoms with Crippen LogP contribution in [0.15, 0.2) is 47.5 Å². The topological polar surface area (TPSA) is 38.3 Å². The van der Waals surface area contributed by atoms with Gasteiger partial charge in [0.25, 0.3) is 5.91 Å². The van der Waals surface area contributed by atoms with Crippen molar-refractivity contribution in [1.29, 1.82) is 0 Å². The highest BCUT2D eigenvalue weighted by molar-refractivity contribution is 9.10. The van der Waals surface area contributed by atoms with E-state index in [9.17, 15) is 4.79 Å². The molecule has 0 atom stereocenters. The number of aryl methyl sites for hydroxylation is 3. The fraction of sp³-hybridized carbons (Fsp3) is 0.211. The maximum absolute atomic E-state index is 12.5. The Hall–Kier alpha value is -2.07. The molecule has 0 bridgehead atoms. The third-order valence-electron chi connectivity index (χ3n) is 3.47. The summed E-state index contributed by atoms with van der Waals surface area (Å²) >= 11 is 3.43. The molecule has 0 radical (unpaired) electrons. The van der Waals surface area contributed by atoms with E-state index in [1.54, 1.807) is 24.3 Å². The van der Waals surface area contributed by atoms with Gasteiger partial charge in [-0.3, -0.25) is 4.79 Å². The van der Waals surface area contributed by atoms with Crippen molar-refractivity contribution >= 4 is 27.5 Å². The van der Waals surface area contributed by atoms with Crippen LogP contribution in [0.1, 0.15) is 27.0 Å². The molecule has 0 saturated carbocycles. The maximum Gasteiger partial charge on any atom is 0.255 e. The lowest BCUT2D eigenvalue weighted by Crippen LogP contribution is -2.14. The van der Waals surface area contributed by atoms with Crippen LogP contribution >= 0.6 is 15.9 Å². The number of benzene rings is 2. The monoisotopic (exact) mass is 373 g/mol. The zero-order valence-electron chi connectivity index (χ0n) is 13.6. The second-order valence-corrected chi connectivity index (χ2v) is 6.33. The van der Waals surface area contributed by atoms with Crippen LogP contribution in [0, 0.1) is 20.8 Å². The number of anilines is 1. The average molecular weight is 374 g/mol. The molecule has 1 amide bonds. The van der Waals surface area contributed by atoms with E-state index in [2.05, 4.69) is 40.0 Å². The molecule has 0 aliphatic heterocycles. The Kier molecular flexibility index (Phi) is 5.61. The molecule has 0 fully saturated rings. The van der Waals surface area contributed by atoms with Gasteiger partial charge in [0.2, 0.25) is 0 Å². The van der Waals surface area contributed by atoms with Crippen LogP contribution in [0.3, 0.4) is 0 Å². The zero-order valence-corrected chi connectivity index (χ0v) is 15.2. The van der Waals surface area contributed by atoms with Gasteiger partial charge in [0.15, 0.2) is 0 Å². The molecule has 3 nitrogen and oxygen atoms in total. The Morgan fingerprint density at radius 1 is 1.22 bits per heavy atom. The van der Waals surface area contributed by atoms with Crippen molar-refractivity contribution in [1.82, 2.24) is 0 Å². The summed E-state index contributed by atoms with van der Waals surface area (Å²) in [6.45, 7) is 10.1. The van der Waals surface area contributed by atoms with Gasteiger partial charge in [-0.2, -0.15) is 0 Å². The molecule has 2 rings (SSSR count). The van der Waals surface area contributed by atoms with Crippen LogP contribution in [-0.4, -0.2) is 12.5 Å². The van der Waals surface area contributed by atoms with Gasteiger partial charge in [0, 0.05) is 11.3 Å². The van der Waals surface area contributed by atoms with Crippen LogP contribution in [0.4, 0.5) is 5.69 Å². The summed E-state index contributed by atoms with van der Waals surface area (Å²) in [7, 11) is 0. The van der Waals surface area contributed by atoms with Gasteiger partial charge in [0.1, 0.15) is 12.4 Å². The van der Waals surface area contributed by atoms with Crippen molar-refractivity contribution < 1.29 is 9.53 Å². The first-order valence-electron chi connectivity index (χ1n) is 7.35. The van der Waals surface area contributed by atoms with Gasteiger partial charge in [-0.1, -0.05) is 30.4 Å². The summed E-state index contributed by atoms with van der Waals surface area (Å²) in [5.74, 6) is 0.542. The SMILES string of the molecule is C=CCOc1ccc(C(=O)Nc2c(C)cc(C)cc2C)cc1Br. The minimum atomic E-state index is -0.143. The number of carbonyl (C=O) groups excluding carboxylic acids is 1. The Morgan fingerprint density at radius 2 is 1.87 bits per heavy atom. The van der Waals surface area contributed by atoms with E-state index in [4.69, 9.17) is 4.74 Å². The zero-order chi connectivity index (χ0) is 17.0. The third-order valence-corrected chi connectivity index (χ3v) is 4.09. The van der Waals surface area contributed by atoms with E-state index >= 15 is 0 Å². The largest absolute Gasteiger partial charge is 0.488 e. The molecule has 0 saturated heterocycles.